The van der Waals surface area contributed by atoms with Gasteiger partial charge >= 0.3 is 5.97 Å². The Morgan fingerprint density at radius 3 is 3.11 bits per heavy atom. The van der Waals surface area contributed by atoms with Crippen LogP contribution in [0.25, 0.3) is 0 Å². The molecule has 1 heterocycles. The smallest absolute Gasteiger partial charge is 0.339 e. The van der Waals surface area contributed by atoms with Gasteiger partial charge in [-0.15, -0.1) is 12.3 Å². The van der Waals surface area contributed by atoms with Gasteiger partial charge < -0.3 is 10.4 Å². The molecule has 0 saturated heterocycles. The third-order valence-corrected chi connectivity index (χ3v) is 3.09. The molecule has 1 aromatic rings. The van der Waals surface area contributed by atoms with Crippen molar-refractivity contribution in [2.75, 3.05) is 5.32 Å². The number of nitrogens with one attached hydrogen (secondary N) is 1. The van der Waals surface area contributed by atoms with Crippen LogP contribution in [0.3, 0.4) is 0 Å². The summed E-state index contributed by atoms with van der Waals surface area (Å²) in [6, 6.07) is 1.75. The first-order valence-electron chi connectivity index (χ1n) is 6.08. The Balaban J connectivity index is 2.33. The second-order valence-corrected chi connectivity index (χ2v) is 4.60. The molecule has 94 valence electrons. The van der Waals surface area contributed by atoms with Crippen LogP contribution >= 0.6 is 0 Å². The summed E-state index contributed by atoms with van der Waals surface area (Å²) in [5.74, 6) is 2.04. The van der Waals surface area contributed by atoms with Crippen LogP contribution < -0.4 is 5.32 Å². The van der Waals surface area contributed by atoms with Crippen molar-refractivity contribution in [1.29, 1.82) is 0 Å². The zero-order valence-corrected chi connectivity index (χ0v) is 10.4. The standard InChI is InChI=1S/C14H16N2O2/c1-3-5-9(2)15-13-11(14(17)18)8-10-6-4-7-12(10)16-13/h1,8-9H,4-7H2,2H3,(H,15,16)(H,17,18). The van der Waals surface area contributed by atoms with E-state index in [1.165, 1.54) is 0 Å². The number of carboxylic acid groups (broad SMARTS) is 1. The summed E-state index contributed by atoms with van der Waals surface area (Å²) >= 11 is 0. The summed E-state index contributed by atoms with van der Waals surface area (Å²) in [6.07, 6.45) is 8.67. The summed E-state index contributed by atoms with van der Waals surface area (Å²) in [6.45, 7) is 1.92. The minimum atomic E-state index is -0.951. The van der Waals surface area contributed by atoms with Gasteiger partial charge in [0.25, 0.3) is 0 Å². The van der Waals surface area contributed by atoms with E-state index in [1.54, 1.807) is 6.07 Å². The first kappa shape index (κ1) is 12.4. The first-order valence-corrected chi connectivity index (χ1v) is 6.08. The Morgan fingerprint density at radius 2 is 2.44 bits per heavy atom. The largest absolute Gasteiger partial charge is 0.478 e. The van der Waals surface area contributed by atoms with Gasteiger partial charge in [-0.3, -0.25) is 0 Å². The number of aryl methyl sites for hydroxylation is 2. The van der Waals surface area contributed by atoms with E-state index in [2.05, 4.69) is 16.2 Å². The molecule has 4 heteroatoms. The van der Waals surface area contributed by atoms with Gasteiger partial charge in [0.2, 0.25) is 0 Å². The molecule has 1 aromatic heterocycles. The highest BCUT2D eigenvalue weighted by molar-refractivity contribution is 5.93. The maximum atomic E-state index is 11.2. The number of aromatic nitrogens is 1. The molecule has 0 aromatic carbocycles. The van der Waals surface area contributed by atoms with Crippen LogP contribution in [0.4, 0.5) is 5.82 Å². The number of nitrogens with zero attached hydrogens (tertiary/aromatic N) is 1. The van der Waals surface area contributed by atoms with E-state index in [9.17, 15) is 9.90 Å². The van der Waals surface area contributed by atoms with Crippen molar-refractivity contribution in [3.63, 3.8) is 0 Å². The lowest BCUT2D eigenvalue weighted by molar-refractivity contribution is 0.0697. The third kappa shape index (κ3) is 2.45. The van der Waals surface area contributed by atoms with Gasteiger partial charge in [-0.25, -0.2) is 9.78 Å². The van der Waals surface area contributed by atoms with Gasteiger partial charge in [0.05, 0.1) is 0 Å². The number of hydrogen-bond acceptors (Lipinski definition) is 3. The minimum absolute atomic E-state index is 0.0139. The van der Waals surface area contributed by atoms with Crippen molar-refractivity contribution in [3.05, 3.63) is 22.9 Å². The molecule has 0 bridgehead atoms. The lowest BCUT2D eigenvalue weighted by Gasteiger charge is -2.15. The normalized spacial score (nSPS) is 14.7. The van der Waals surface area contributed by atoms with Crippen molar-refractivity contribution in [2.45, 2.75) is 38.6 Å². The van der Waals surface area contributed by atoms with Gasteiger partial charge in [0.15, 0.2) is 0 Å². The molecule has 1 aliphatic carbocycles. The molecule has 0 saturated carbocycles. The van der Waals surface area contributed by atoms with Gasteiger partial charge in [0.1, 0.15) is 11.4 Å². The zero-order valence-electron chi connectivity index (χ0n) is 10.4. The number of hydrogen-bond donors (Lipinski definition) is 2. The van der Waals surface area contributed by atoms with Crippen molar-refractivity contribution in [2.24, 2.45) is 0 Å². The Hall–Kier alpha value is -2.02. The van der Waals surface area contributed by atoms with Gasteiger partial charge in [-0.2, -0.15) is 0 Å². The Labute approximate surface area is 106 Å². The van der Waals surface area contributed by atoms with Crippen molar-refractivity contribution < 1.29 is 9.90 Å². The van der Waals surface area contributed by atoms with Gasteiger partial charge in [-0.1, -0.05) is 0 Å². The average Bonchev–Trinajstić information content (AvgIpc) is 2.74. The van der Waals surface area contributed by atoms with Crippen molar-refractivity contribution >= 4 is 11.8 Å². The SMILES string of the molecule is C#CCC(C)Nc1nc2c(cc1C(=O)O)CCC2. The molecule has 1 aliphatic rings. The summed E-state index contributed by atoms with van der Waals surface area (Å²) in [7, 11) is 0. The molecule has 4 nitrogen and oxygen atoms in total. The summed E-state index contributed by atoms with van der Waals surface area (Å²) in [4.78, 5) is 15.7. The van der Waals surface area contributed by atoms with E-state index in [0.717, 1.165) is 30.5 Å². The maximum absolute atomic E-state index is 11.2. The van der Waals surface area contributed by atoms with Crippen LogP contribution in [0.15, 0.2) is 6.07 Å². The highest BCUT2D eigenvalue weighted by atomic mass is 16.4. The van der Waals surface area contributed by atoms with Crippen molar-refractivity contribution in [1.82, 2.24) is 4.98 Å². The highest BCUT2D eigenvalue weighted by Gasteiger charge is 2.20. The Bertz CT molecular complexity index is 517. The second-order valence-electron chi connectivity index (χ2n) is 4.60. The van der Waals surface area contributed by atoms with E-state index in [4.69, 9.17) is 6.42 Å². The molecule has 1 unspecified atom stereocenters. The van der Waals surface area contributed by atoms with E-state index in [1.807, 2.05) is 6.92 Å². The molecule has 2 rings (SSSR count). The zero-order chi connectivity index (χ0) is 13.1. The maximum Gasteiger partial charge on any atom is 0.339 e. The van der Waals surface area contributed by atoms with Crippen LogP contribution in [0.2, 0.25) is 0 Å². The van der Waals surface area contributed by atoms with Crippen molar-refractivity contribution in [3.8, 4) is 12.3 Å². The minimum Gasteiger partial charge on any atom is -0.478 e. The van der Waals surface area contributed by atoms with Crippen LogP contribution in [0.5, 0.6) is 0 Å². The summed E-state index contributed by atoms with van der Waals surface area (Å²) in [5, 5.41) is 12.3. The highest BCUT2D eigenvalue weighted by Crippen LogP contribution is 2.25. The van der Waals surface area contributed by atoms with Crippen LogP contribution in [-0.2, 0) is 12.8 Å². The van der Waals surface area contributed by atoms with E-state index in [0.29, 0.717) is 12.2 Å². The number of rotatable bonds is 4. The monoisotopic (exact) mass is 244 g/mol. The molecule has 0 amide bonds. The fourth-order valence-corrected chi connectivity index (χ4v) is 2.21. The lowest BCUT2D eigenvalue weighted by Crippen LogP contribution is -2.18. The number of carboxylic acids is 1. The van der Waals surface area contributed by atoms with Gasteiger partial charge in [0, 0.05) is 18.2 Å². The molecule has 18 heavy (non-hydrogen) atoms. The Morgan fingerprint density at radius 1 is 1.67 bits per heavy atom. The molecule has 0 fully saturated rings. The fraction of sp³-hybridized carbons (Fsp3) is 0.429. The van der Waals surface area contributed by atoms with Crippen LogP contribution in [0.1, 0.15) is 41.4 Å². The number of pyridine rings is 1. The molecule has 2 N–H and O–H groups in total. The molecule has 1 atom stereocenters. The van der Waals surface area contributed by atoms with Gasteiger partial charge in [-0.05, 0) is 37.8 Å². The predicted octanol–water partition coefficient (Wildman–Crippen LogP) is 2.09. The lowest BCUT2D eigenvalue weighted by atomic mass is 10.1. The topological polar surface area (TPSA) is 62.2 Å². The van der Waals surface area contributed by atoms with E-state index in [-0.39, 0.29) is 11.6 Å². The fourth-order valence-electron chi connectivity index (χ4n) is 2.21. The number of fused-ring (bicyclic) bond motifs is 1. The molecule has 0 aliphatic heterocycles. The van der Waals surface area contributed by atoms with E-state index >= 15 is 0 Å². The molecular weight excluding hydrogens is 228 g/mol. The second kappa shape index (κ2) is 5.09. The van der Waals surface area contributed by atoms with Crippen LogP contribution in [0, 0.1) is 12.3 Å². The molecule has 0 spiro atoms. The number of carbonyl (C=O) groups is 1. The first-order chi connectivity index (χ1) is 8.61. The Kier molecular flexibility index (Phi) is 3.52. The molecular formula is C14H16N2O2. The third-order valence-electron chi connectivity index (χ3n) is 3.09. The van der Waals surface area contributed by atoms with Crippen LogP contribution in [-0.4, -0.2) is 22.1 Å². The van der Waals surface area contributed by atoms with E-state index < -0.39 is 5.97 Å². The summed E-state index contributed by atoms with van der Waals surface area (Å²) < 4.78 is 0. The predicted molar refractivity (Wildman–Crippen MR) is 69.8 cm³/mol. The average molecular weight is 244 g/mol. The number of aromatic carboxylic acids is 1. The number of terminal acetylenes is 1. The quantitative estimate of drug-likeness (QED) is 0.796. The number of anilines is 1. The molecule has 0 radical (unpaired) electrons. The summed E-state index contributed by atoms with van der Waals surface area (Å²) in [5.41, 5.74) is 2.30.